The number of aliphatic hydroxyl groups is 1. The lowest BCUT2D eigenvalue weighted by Gasteiger charge is -2.15. The van der Waals surface area contributed by atoms with Crippen molar-refractivity contribution < 1.29 is 5.11 Å². The summed E-state index contributed by atoms with van der Waals surface area (Å²) in [5.74, 6) is 0. The van der Waals surface area contributed by atoms with Crippen molar-refractivity contribution in [2.75, 3.05) is 0 Å². The number of hydrogen-bond acceptors (Lipinski definition) is 1. The van der Waals surface area contributed by atoms with Crippen molar-refractivity contribution in [2.45, 2.75) is 38.2 Å². The summed E-state index contributed by atoms with van der Waals surface area (Å²) in [7, 11) is 0. The summed E-state index contributed by atoms with van der Waals surface area (Å²) in [6.45, 7) is 0. The van der Waals surface area contributed by atoms with Gasteiger partial charge in [0.25, 0.3) is 0 Å². The van der Waals surface area contributed by atoms with Crippen LogP contribution in [0.3, 0.4) is 0 Å². The Morgan fingerprint density at radius 3 is 2.33 bits per heavy atom. The molecule has 0 aliphatic heterocycles. The molecule has 1 aliphatic rings. The van der Waals surface area contributed by atoms with E-state index in [4.69, 9.17) is 0 Å². The van der Waals surface area contributed by atoms with Gasteiger partial charge in [0.05, 0.1) is 6.10 Å². The first-order valence-electron chi connectivity index (χ1n) is 5.79. The Hall–Kier alpha value is -1.08. The Morgan fingerprint density at radius 1 is 1.00 bits per heavy atom. The summed E-state index contributed by atoms with van der Waals surface area (Å²) in [6, 6.07) is 9.87. The second kappa shape index (κ2) is 5.13. The fourth-order valence-electron chi connectivity index (χ4n) is 2.14. The second-order valence-electron chi connectivity index (χ2n) is 4.24. The van der Waals surface area contributed by atoms with Gasteiger partial charge in [-0.15, -0.1) is 0 Å². The third kappa shape index (κ3) is 2.93. The zero-order valence-electron chi connectivity index (χ0n) is 9.02. The van der Waals surface area contributed by atoms with Crippen LogP contribution in [0.15, 0.2) is 42.0 Å². The summed E-state index contributed by atoms with van der Waals surface area (Å²) in [4.78, 5) is 0. The Morgan fingerprint density at radius 2 is 1.67 bits per heavy atom. The quantitative estimate of drug-likeness (QED) is 0.726. The normalized spacial score (nSPS) is 18.6. The van der Waals surface area contributed by atoms with Crippen LogP contribution < -0.4 is 0 Å². The molecule has 1 aromatic carbocycles. The van der Waals surface area contributed by atoms with E-state index in [1.54, 1.807) is 0 Å². The Labute approximate surface area is 91.4 Å². The highest BCUT2D eigenvalue weighted by Gasteiger charge is 2.08. The first-order chi connectivity index (χ1) is 7.36. The van der Waals surface area contributed by atoms with Gasteiger partial charge in [0.15, 0.2) is 0 Å². The van der Waals surface area contributed by atoms with E-state index in [0.29, 0.717) is 0 Å². The molecule has 0 radical (unpaired) electrons. The first-order valence-corrected chi connectivity index (χ1v) is 5.79. The van der Waals surface area contributed by atoms with Crippen molar-refractivity contribution in [3.8, 4) is 0 Å². The molecule has 0 bridgehead atoms. The smallest absolute Gasteiger partial charge is 0.0974 e. The summed E-state index contributed by atoms with van der Waals surface area (Å²) in [5, 5.41) is 10.00. The second-order valence-corrected chi connectivity index (χ2v) is 4.24. The maximum atomic E-state index is 10.00. The van der Waals surface area contributed by atoms with E-state index >= 15 is 0 Å². The third-order valence-corrected chi connectivity index (χ3v) is 3.03. The molecular weight excluding hydrogens is 184 g/mol. The van der Waals surface area contributed by atoms with Crippen molar-refractivity contribution in [2.24, 2.45) is 0 Å². The average molecular weight is 202 g/mol. The van der Waals surface area contributed by atoms with E-state index in [1.165, 1.54) is 37.7 Å². The molecule has 1 N–H and O–H groups in total. The molecule has 2 rings (SSSR count). The fraction of sp³-hybridized carbons (Fsp3) is 0.429. The third-order valence-electron chi connectivity index (χ3n) is 3.03. The number of hydrogen-bond donors (Lipinski definition) is 1. The lowest BCUT2D eigenvalue weighted by Crippen LogP contribution is -1.99. The van der Waals surface area contributed by atoms with Crippen molar-refractivity contribution >= 4 is 0 Å². The van der Waals surface area contributed by atoms with Gasteiger partial charge in [0.1, 0.15) is 0 Å². The van der Waals surface area contributed by atoms with Crippen LogP contribution in [0, 0.1) is 0 Å². The topological polar surface area (TPSA) is 20.2 Å². The van der Waals surface area contributed by atoms with Crippen LogP contribution in [0.1, 0.15) is 43.8 Å². The van der Waals surface area contributed by atoms with Crippen LogP contribution in [0.25, 0.3) is 0 Å². The molecule has 1 saturated carbocycles. The van der Waals surface area contributed by atoms with Gasteiger partial charge < -0.3 is 5.11 Å². The average Bonchev–Trinajstić information content (AvgIpc) is 2.31. The molecule has 0 amide bonds. The van der Waals surface area contributed by atoms with Crippen LogP contribution in [-0.2, 0) is 0 Å². The molecule has 1 heteroatoms. The van der Waals surface area contributed by atoms with Gasteiger partial charge in [-0.2, -0.15) is 0 Å². The van der Waals surface area contributed by atoms with E-state index in [-0.39, 0.29) is 0 Å². The highest BCUT2D eigenvalue weighted by molar-refractivity contribution is 5.23. The van der Waals surface area contributed by atoms with Crippen molar-refractivity contribution in [3.05, 3.63) is 47.5 Å². The van der Waals surface area contributed by atoms with E-state index in [0.717, 1.165) is 5.56 Å². The van der Waals surface area contributed by atoms with Crippen molar-refractivity contribution in [1.82, 2.24) is 0 Å². The van der Waals surface area contributed by atoms with E-state index in [1.807, 2.05) is 36.4 Å². The Balaban J connectivity index is 2.05. The van der Waals surface area contributed by atoms with E-state index in [2.05, 4.69) is 0 Å². The minimum Gasteiger partial charge on any atom is -0.384 e. The SMILES string of the molecule is OC(C=C1CCCCC1)c1ccccc1. The zero-order chi connectivity index (χ0) is 10.5. The lowest BCUT2D eigenvalue weighted by molar-refractivity contribution is 0.226. The van der Waals surface area contributed by atoms with Crippen LogP contribution in [0.4, 0.5) is 0 Å². The molecule has 1 aromatic rings. The molecular formula is C14H18O. The van der Waals surface area contributed by atoms with E-state index < -0.39 is 6.10 Å². The van der Waals surface area contributed by atoms with Crippen LogP contribution in [0.5, 0.6) is 0 Å². The predicted molar refractivity (Wildman–Crippen MR) is 62.6 cm³/mol. The van der Waals surface area contributed by atoms with Gasteiger partial charge in [-0.1, -0.05) is 48.4 Å². The zero-order valence-corrected chi connectivity index (χ0v) is 9.02. The summed E-state index contributed by atoms with van der Waals surface area (Å²) >= 11 is 0. The Kier molecular flexibility index (Phi) is 3.57. The van der Waals surface area contributed by atoms with Crippen molar-refractivity contribution in [3.63, 3.8) is 0 Å². The minimum atomic E-state index is -0.417. The monoisotopic (exact) mass is 202 g/mol. The van der Waals surface area contributed by atoms with Crippen LogP contribution >= 0.6 is 0 Å². The molecule has 1 unspecified atom stereocenters. The maximum Gasteiger partial charge on any atom is 0.0974 e. The van der Waals surface area contributed by atoms with Gasteiger partial charge in [-0.05, 0) is 31.2 Å². The van der Waals surface area contributed by atoms with Gasteiger partial charge in [0.2, 0.25) is 0 Å². The summed E-state index contributed by atoms with van der Waals surface area (Å²) in [5.41, 5.74) is 2.42. The Bertz CT molecular complexity index is 318. The van der Waals surface area contributed by atoms with Gasteiger partial charge in [-0.3, -0.25) is 0 Å². The fourth-order valence-corrected chi connectivity index (χ4v) is 2.14. The largest absolute Gasteiger partial charge is 0.384 e. The minimum absolute atomic E-state index is 0.417. The molecule has 0 saturated heterocycles. The molecule has 1 nitrogen and oxygen atoms in total. The molecule has 1 atom stereocenters. The predicted octanol–water partition coefficient (Wildman–Crippen LogP) is 3.61. The van der Waals surface area contributed by atoms with Gasteiger partial charge in [-0.25, -0.2) is 0 Å². The van der Waals surface area contributed by atoms with E-state index in [9.17, 15) is 5.11 Å². The molecule has 15 heavy (non-hydrogen) atoms. The van der Waals surface area contributed by atoms with Crippen LogP contribution in [0.2, 0.25) is 0 Å². The molecule has 1 aliphatic carbocycles. The molecule has 0 heterocycles. The summed E-state index contributed by atoms with van der Waals surface area (Å²) in [6.07, 6.45) is 7.88. The highest BCUT2D eigenvalue weighted by atomic mass is 16.3. The number of rotatable bonds is 2. The molecule has 1 fully saturated rings. The molecule has 0 aromatic heterocycles. The van der Waals surface area contributed by atoms with Gasteiger partial charge >= 0.3 is 0 Å². The standard InChI is InChI=1S/C14H18O/c15-14(13-9-5-2-6-10-13)11-12-7-3-1-4-8-12/h2,5-6,9-11,14-15H,1,3-4,7-8H2. The van der Waals surface area contributed by atoms with Crippen LogP contribution in [-0.4, -0.2) is 5.11 Å². The maximum absolute atomic E-state index is 10.00. The van der Waals surface area contributed by atoms with Gasteiger partial charge in [0, 0.05) is 0 Å². The summed E-state index contributed by atoms with van der Waals surface area (Å²) < 4.78 is 0. The first kappa shape index (κ1) is 10.4. The number of benzene rings is 1. The number of aliphatic hydroxyl groups excluding tert-OH is 1. The molecule has 80 valence electrons. The van der Waals surface area contributed by atoms with Crippen molar-refractivity contribution in [1.29, 1.82) is 0 Å². The number of allylic oxidation sites excluding steroid dienone is 1. The lowest BCUT2D eigenvalue weighted by atomic mass is 9.93. The molecule has 0 spiro atoms. The highest BCUT2D eigenvalue weighted by Crippen LogP contribution is 2.26.